The highest BCUT2D eigenvalue weighted by Gasteiger charge is 2.37. The monoisotopic (exact) mass is 371 g/mol. The Labute approximate surface area is 159 Å². The summed E-state index contributed by atoms with van der Waals surface area (Å²) in [6.07, 6.45) is 3.70. The molecule has 1 N–H and O–H groups in total. The average Bonchev–Trinajstić information content (AvgIpc) is 2.72. The highest BCUT2D eigenvalue weighted by molar-refractivity contribution is 7.98. The molecule has 5 heteroatoms. The van der Waals surface area contributed by atoms with Crippen molar-refractivity contribution in [2.24, 2.45) is 0 Å². The number of benzene rings is 2. The summed E-state index contributed by atoms with van der Waals surface area (Å²) in [5.41, 5.74) is 1.70. The highest BCUT2D eigenvalue weighted by atomic mass is 32.2. The Morgan fingerprint density at radius 1 is 1.15 bits per heavy atom. The number of thioether (sulfide) groups is 1. The molecule has 1 amide bonds. The summed E-state index contributed by atoms with van der Waals surface area (Å²) in [4.78, 5) is 13.8. The molecule has 26 heavy (non-hydrogen) atoms. The van der Waals surface area contributed by atoms with E-state index in [1.165, 1.54) is 0 Å². The van der Waals surface area contributed by atoms with Gasteiger partial charge in [0.25, 0.3) is 5.91 Å². The molecule has 0 aliphatic carbocycles. The first-order valence-electron chi connectivity index (χ1n) is 8.83. The van der Waals surface area contributed by atoms with E-state index in [1.807, 2.05) is 48.7 Å². The van der Waals surface area contributed by atoms with Crippen molar-refractivity contribution >= 4 is 17.7 Å². The van der Waals surface area contributed by atoms with Crippen molar-refractivity contribution in [2.75, 3.05) is 33.1 Å². The minimum Gasteiger partial charge on any atom is -0.496 e. The van der Waals surface area contributed by atoms with E-state index in [4.69, 9.17) is 9.47 Å². The van der Waals surface area contributed by atoms with Crippen LogP contribution in [0.3, 0.4) is 0 Å². The molecule has 0 radical (unpaired) electrons. The van der Waals surface area contributed by atoms with Crippen molar-refractivity contribution in [2.45, 2.75) is 23.2 Å². The van der Waals surface area contributed by atoms with Crippen LogP contribution in [0.5, 0.6) is 5.75 Å². The minimum atomic E-state index is -0.172. The lowest BCUT2D eigenvalue weighted by molar-refractivity contribution is 0.0479. The second-order valence-electron chi connectivity index (χ2n) is 6.48. The molecule has 138 valence electrons. The van der Waals surface area contributed by atoms with E-state index in [0.717, 1.165) is 34.6 Å². The Kier molecular flexibility index (Phi) is 6.22. The van der Waals surface area contributed by atoms with Gasteiger partial charge in [0.2, 0.25) is 0 Å². The maximum Gasteiger partial charge on any atom is 0.252 e. The molecule has 1 fully saturated rings. The van der Waals surface area contributed by atoms with Crippen molar-refractivity contribution in [1.29, 1.82) is 0 Å². The predicted molar refractivity (Wildman–Crippen MR) is 105 cm³/mol. The predicted octanol–water partition coefficient (Wildman–Crippen LogP) is 3.90. The molecule has 4 nitrogen and oxygen atoms in total. The van der Waals surface area contributed by atoms with Gasteiger partial charge < -0.3 is 14.8 Å². The molecule has 2 aromatic carbocycles. The van der Waals surface area contributed by atoms with E-state index in [1.54, 1.807) is 18.9 Å². The zero-order valence-electron chi connectivity index (χ0n) is 15.3. The Bertz CT molecular complexity index is 756. The van der Waals surface area contributed by atoms with Gasteiger partial charge in [0.1, 0.15) is 5.75 Å². The van der Waals surface area contributed by atoms with Crippen LogP contribution in [0, 0.1) is 0 Å². The number of para-hydroxylation sites is 1. The summed E-state index contributed by atoms with van der Waals surface area (Å²) in [5.74, 6) is 0.837. The van der Waals surface area contributed by atoms with Gasteiger partial charge in [0.15, 0.2) is 0 Å². The third-order valence-corrected chi connectivity index (χ3v) is 5.86. The lowest BCUT2D eigenvalue weighted by atomic mass is 9.73. The molecule has 2 aromatic rings. The molecule has 1 aliphatic heterocycles. The third-order valence-electron chi connectivity index (χ3n) is 5.07. The molecule has 0 atom stereocenters. The molecular formula is C21H25NO3S. The summed E-state index contributed by atoms with van der Waals surface area (Å²) < 4.78 is 11.2. The van der Waals surface area contributed by atoms with Crippen LogP contribution in [0.1, 0.15) is 28.8 Å². The summed E-state index contributed by atoms with van der Waals surface area (Å²) in [5, 5.41) is 3.17. The smallest absolute Gasteiger partial charge is 0.252 e. The Balaban J connectivity index is 1.84. The molecule has 0 spiro atoms. The number of rotatable bonds is 6. The first kappa shape index (κ1) is 18.8. The fourth-order valence-electron chi connectivity index (χ4n) is 3.56. The summed E-state index contributed by atoms with van der Waals surface area (Å²) in [7, 11) is 1.69. The summed E-state index contributed by atoms with van der Waals surface area (Å²) in [6, 6.07) is 15.8. The molecule has 0 bridgehead atoms. The van der Waals surface area contributed by atoms with Crippen molar-refractivity contribution in [3.8, 4) is 5.75 Å². The number of amides is 1. The van der Waals surface area contributed by atoms with E-state index >= 15 is 0 Å². The van der Waals surface area contributed by atoms with E-state index in [2.05, 4.69) is 11.4 Å². The van der Waals surface area contributed by atoms with Crippen LogP contribution in [0.15, 0.2) is 53.4 Å². The zero-order chi connectivity index (χ0) is 18.4. The molecule has 0 unspecified atom stereocenters. The number of hydrogen-bond acceptors (Lipinski definition) is 4. The first-order valence-corrected chi connectivity index (χ1v) is 10.0. The molecule has 0 aromatic heterocycles. The first-order chi connectivity index (χ1) is 12.7. The Morgan fingerprint density at radius 3 is 2.58 bits per heavy atom. The van der Waals surface area contributed by atoms with Crippen LogP contribution in [-0.4, -0.2) is 39.0 Å². The molecule has 1 saturated heterocycles. The van der Waals surface area contributed by atoms with Gasteiger partial charge in [-0.1, -0.05) is 30.3 Å². The Hall–Kier alpha value is -1.98. The lowest BCUT2D eigenvalue weighted by Crippen LogP contribution is -2.44. The number of nitrogens with one attached hydrogen (secondary N) is 1. The maximum atomic E-state index is 12.8. The normalized spacial score (nSPS) is 16.1. The van der Waals surface area contributed by atoms with Crippen LogP contribution >= 0.6 is 11.8 Å². The van der Waals surface area contributed by atoms with Gasteiger partial charge in [-0.25, -0.2) is 0 Å². The lowest BCUT2D eigenvalue weighted by Gasteiger charge is -2.38. The van der Waals surface area contributed by atoms with Crippen LogP contribution in [0.2, 0.25) is 0 Å². The molecule has 3 rings (SSSR count). The second-order valence-corrected chi connectivity index (χ2v) is 7.32. The molecule has 1 heterocycles. The molecule has 1 aliphatic rings. The highest BCUT2D eigenvalue weighted by Crippen LogP contribution is 2.39. The van der Waals surface area contributed by atoms with Crippen LogP contribution in [-0.2, 0) is 10.2 Å². The van der Waals surface area contributed by atoms with Crippen LogP contribution < -0.4 is 10.1 Å². The number of carbonyl (C=O) groups excluding carboxylic acids is 1. The van der Waals surface area contributed by atoms with Gasteiger partial charge in [-0.15, -0.1) is 11.8 Å². The van der Waals surface area contributed by atoms with Crippen LogP contribution in [0.25, 0.3) is 0 Å². The fraction of sp³-hybridized carbons (Fsp3) is 0.381. The number of carbonyl (C=O) groups is 1. The summed E-state index contributed by atoms with van der Waals surface area (Å²) in [6.45, 7) is 1.95. The van der Waals surface area contributed by atoms with Crippen molar-refractivity contribution in [3.05, 3.63) is 59.7 Å². The third kappa shape index (κ3) is 3.89. The van der Waals surface area contributed by atoms with Crippen molar-refractivity contribution < 1.29 is 14.3 Å². The fourth-order valence-corrected chi connectivity index (χ4v) is 4.16. The van der Waals surface area contributed by atoms with E-state index in [0.29, 0.717) is 19.8 Å². The molecular weight excluding hydrogens is 346 g/mol. The van der Waals surface area contributed by atoms with Gasteiger partial charge >= 0.3 is 0 Å². The van der Waals surface area contributed by atoms with Gasteiger partial charge in [0, 0.05) is 35.6 Å². The van der Waals surface area contributed by atoms with E-state index < -0.39 is 0 Å². The van der Waals surface area contributed by atoms with Crippen LogP contribution in [0.4, 0.5) is 0 Å². The second kappa shape index (κ2) is 8.60. The minimum absolute atomic E-state index is 0.0317. The zero-order valence-corrected chi connectivity index (χ0v) is 16.1. The van der Waals surface area contributed by atoms with E-state index in [9.17, 15) is 4.79 Å². The summed E-state index contributed by atoms with van der Waals surface area (Å²) >= 11 is 1.59. The quantitative estimate of drug-likeness (QED) is 0.783. The topological polar surface area (TPSA) is 47.6 Å². The number of ether oxygens (including phenoxy) is 2. The maximum absolute atomic E-state index is 12.8. The van der Waals surface area contributed by atoms with Crippen molar-refractivity contribution in [1.82, 2.24) is 5.32 Å². The number of hydrogen-bond donors (Lipinski definition) is 1. The van der Waals surface area contributed by atoms with Gasteiger partial charge in [-0.2, -0.15) is 0 Å². The van der Waals surface area contributed by atoms with Gasteiger partial charge in [-0.3, -0.25) is 4.79 Å². The average molecular weight is 372 g/mol. The largest absolute Gasteiger partial charge is 0.496 e. The standard InChI is InChI=1S/C21H25NO3S/c1-24-18-9-5-4-8-17(18)21(11-13-25-14-12-21)15-22-20(23)16-7-3-6-10-19(16)26-2/h3-10H,11-15H2,1-2H3,(H,22,23). The number of methoxy groups -OCH3 is 1. The van der Waals surface area contributed by atoms with Crippen molar-refractivity contribution in [3.63, 3.8) is 0 Å². The SMILES string of the molecule is COc1ccccc1C1(CNC(=O)c2ccccc2SC)CCOCC1. The molecule has 0 saturated carbocycles. The Morgan fingerprint density at radius 2 is 1.85 bits per heavy atom. The van der Waals surface area contributed by atoms with E-state index in [-0.39, 0.29) is 11.3 Å². The van der Waals surface area contributed by atoms with Gasteiger partial charge in [0.05, 0.1) is 12.7 Å². The van der Waals surface area contributed by atoms with Gasteiger partial charge in [-0.05, 0) is 37.3 Å².